The van der Waals surface area contributed by atoms with Gasteiger partial charge in [0.1, 0.15) is 0 Å². The molecular weight excluding hydrogens is 661 g/mol. The van der Waals surface area contributed by atoms with Crippen LogP contribution in [-0.2, 0) is 27.2 Å². The zero-order valence-electron chi connectivity index (χ0n) is 28.4. The van der Waals surface area contributed by atoms with E-state index in [0.717, 1.165) is 54.1 Å². The summed E-state index contributed by atoms with van der Waals surface area (Å²) in [5.41, 5.74) is 11.9. The van der Waals surface area contributed by atoms with E-state index in [1.807, 2.05) is 12.1 Å². The summed E-state index contributed by atoms with van der Waals surface area (Å²) >= 11 is 1.30. The molecule has 3 aliphatic rings. The number of nitrogens with zero attached hydrogens (tertiary/aromatic N) is 3. The second-order valence-electron chi connectivity index (χ2n) is 12.8. The van der Waals surface area contributed by atoms with Crippen LogP contribution in [0, 0.1) is 19.3 Å². The Kier molecular flexibility index (Phi) is 9.97. The highest BCUT2D eigenvalue weighted by Crippen LogP contribution is 2.37. The maximum Gasteiger partial charge on any atom is 0.216 e. The highest BCUT2D eigenvalue weighted by Gasteiger charge is 2.26. The molecule has 7 nitrogen and oxygen atoms in total. The molecule has 0 saturated heterocycles. The van der Waals surface area contributed by atoms with Gasteiger partial charge in [-0.2, -0.15) is 4.57 Å². The monoisotopic (exact) mass is 701 g/mol. The van der Waals surface area contributed by atoms with Crippen LogP contribution >= 0.6 is 12.0 Å². The average Bonchev–Trinajstić information content (AvgIpc) is 3.80. The number of sulfonamides is 1. The number of pyridine rings is 1. The number of rotatable bonds is 11. The van der Waals surface area contributed by atoms with Gasteiger partial charge in [-0.3, -0.25) is 0 Å². The third-order valence-corrected chi connectivity index (χ3v) is 11.4. The van der Waals surface area contributed by atoms with Crippen molar-refractivity contribution in [3.05, 3.63) is 131 Å². The molecule has 7 rings (SSSR count). The number of hydrogen-bond donors (Lipinski definition) is 1. The molecule has 0 spiro atoms. The Morgan fingerprint density at radius 2 is 1.90 bits per heavy atom. The van der Waals surface area contributed by atoms with Gasteiger partial charge in [0.2, 0.25) is 21.2 Å². The van der Waals surface area contributed by atoms with Crippen molar-refractivity contribution in [3.63, 3.8) is 0 Å². The van der Waals surface area contributed by atoms with Gasteiger partial charge < -0.3 is 13.7 Å². The molecule has 0 atom stereocenters. The standard InChI is InChI=1S/C41H41N4O3S2/c1-4-21-42-50(46,47)26-25-44-36(16-12-33-29-38(49-48-3)18-19-39(33)44)14-10-31-8-7-9-32(40(31)43-22-5-6-23-43)11-15-37-17-13-34-27-30(2)28-35-20-24-45(37)41(34)35/h1,5-6,10-19,22-23,27-29,42H,7-9,20-21,24-26H2,2-3H3/q+1. The molecule has 4 aromatic rings. The molecule has 254 valence electrons. The van der Waals surface area contributed by atoms with Crippen LogP contribution < -0.4 is 14.2 Å². The van der Waals surface area contributed by atoms with Crippen LogP contribution in [0.2, 0.25) is 0 Å². The second kappa shape index (κ2) is 14.7. The summed E-state index contributed by atoms with van der Waals surface area (Å²) in [5, 5.41) is 1.31. The molecule has 0 radical (unpaired) electrons. The fourth-order valence-corrected chi connectivity index (χ4v) is 8.62. The maximum absolute atomic E-state index is 12.8. The van der Waals surface area contributed by atoms with E-state index in [4.69, 9.17) is 10.6 Å². The molecule has 1 N–H and O–H groups in total. The first-order valence-corrected chi connectivity index (χ1v) is 19.4. The minimum atomic E-state index is -3.56. The number of aryl methyl sites for hydroxylation is 3. The van der Waals surface area contributed by atoms with Crippen molar-refractivity contribution in [3.8, 4) is 12.3 Å². The number of fused-ring (bicyclic) bond motifs is 1. The number of terminal acetylenes is 1. The highest BCUT2D eigenvalue weighted by atomic mass is 32.2. The summed E-state index contributed by atoms with van der Waals surface area (Å²) in [7, 11) is -1.91. The fraction of sp³-hybridized carbons (Fsp3) is 0.244. The van der Waals surface area contributed by atoms with Crippen LogP contribution in [-0.4, -0.2) is 38.9 Å². The number of benzene rings is 2. The van der Waals surface area contributed by atoms with Gasteiger partial charge in [-0.15, -0.1) is 6.42 Å². The van der Waals surface area contributed by atoms with E-state index >= 15 is 0 Å². The Morgan fingerprint density at radius 1 is 1.04 bits per heavy atom. The lowest BCUT2D eigenvalue weighted by atomic mass is 9.90. The summed E-state index contributed by atoms with van der Waals surface area (Å²) in [6, 6.07) is 19.3. The van der Waals surface area contributed by atoms with Crippen molar-refractivity contribution in [2.24, 2.45) is 0 Å². The van der Waals surface area contributed by atoms with Gasteiger partial charge in [0.05, 0.1) is 25.1 Å². The molecule has 1 aliphatic carbocycles. The van der Waals surface area contributed by atoms with Gasteiger partial charge in [-0.25, -0.2) is 13.1 Å². The summed E-state index contributed by atoms with van der Waals surface area (Å²) in [4.78, 5) is 3.05. The van der Waals surface area contributed by atoms with E-state index < -0.39 is 10.0 Å². The molecule has 0 amide bonds. The molecule has 50 heavy (non-hydrogen) atoms. The van der Waals surface area contributed by atoms with Crippen LogP contribution in [0.25, 0.3) is 28.8 Å². The van der Waals surface area contributed by atoms with Crippen molar-refractivity contribution in [1.29, 1.82) is 0 Å². The molecule has 0 fully saturated rings. The Balaban J connectivity index is 1.25. The quantitative estimate of drug-likeness (QED) is 0.100. The molecule has 0 unspecified atom stereocenters. The topological polar surface area (TPSA) is 67.5 Å². The number of hydrogen-bond acceptors (Lipinski definition) is 5. The average molecular weight is 702 g/mol. The molecule has 0 saturated carbocycles. The van der Waals surface area contributed by atoms with Crippen molar-refractivity contribution in [2.45, 2.75) is 44.0 Å². The molecule has 0 bridgehead atoms. The minimum absolute atomic E-state index is 0.0297. The zero-order chi connectivity index (χ0) is 34.7. The van der Waals surface area contributed by atoms with Crippen molar-refractivity contribution < 1.29 is 17.2 Å². The Bertz CT molecular complexity index is 2250. The van der Waals surface area contributed by atoms with E-state index in [9.17, 15) is 8.42 Å². The van der Waals surface area contributed by atoms with E-state index in [-0.39, 0.29) is 18.8 Å². The van der Waals surface area contributed by atoms with E-state index in [0.29, 0.717) is 0 Å². The van der Waals surface area contributed by atoms with Crippen LogP contribution in [0.15, 0.2) is 113 Å². The van der Waals surface area contributed by atoms with Gasteiger partial charge in [0, 0.05) is 76.8 Å². The zero-order valence-corrected chi connectivity index (χ0v) is 30.1. The summed E-state index contributed by atoms with van der Waals surface area (Å²) in [6.45, 7) is 3.41. The third-order valence-electron chi connectivity index (χ3n) is 9.45. The summed E-state index contributed by atoms with van der Waals surface area (Å²) in [6.07, 6.45) is 26.6. The smallest absolute Gasteiger partial charge is 0.216 e. The van der Waals surface area contributed by atoms with Crippen LogP contribution in [0.1, 0.15) is 41.6 Å². The SMILES string of the molecule is C#CCNS(=O)(=O)CCN1C(=CC=C2CCCC(C=Cc3ccc4cc(C)cc5c4[n+]3CC5)=C2n2cccc2)C=Cc2cc(SOC)ccc21. The molecule has 4 heterocycles. The van der Waals surface area contributed by atoms with Crippen LogP contribution in [0.4, 0.5) is 5.69 Å². The van der Waals surface area contributed by atoms with Gasteiger partial charge >= 0.3 is 0 Å². The fourth-order valence-electron chi connectivity index (χ4n) is 7.26. The first kappa shape index (κ1) is 33.9. The third kappa shape index (κ3) is 7.16. The number of aromatic nitrogens is 2. The Labute approximate surface area is 299 Å². The van der Waals surface area contributed by atoms with Crippen LogP contribution in [0.5, 0.6) is 0 Å². The number of nitrogens with one attached hydrogen (secondary N) is 1. The maximum atomic E-state index is 12.8. The largest absolute Gasteiger partial charge is 0.340 e. The lowest BCUT2D eigenvalue weighted by Crippen LogP contribution is -2.35. The Morgan fingerprint density at radius 3 is 2.72 bits per heavy atom. The van der Waals surface area contributed by atoms with Crippen LogP contribution in [0.3, 0.4) is 0 Å². The van der Waals surface area contributed by atoms with E-state index in [1.165, 1.54) is 56.6 Å². The number of allylic oxidation sites excluding steroid dienone is 7. The Hall–Kier alpha value is -4.59. The van der Waals surface area contributed by atoms with Crippen molar-refractivity contribution >= 4 is 56.5 Å². The molecule has 2 aromatic carbocycles. The van der Waals surface area contributed by atoms with E-state index in [1.54, 1.807) is 7.11 Å². The lowest BCUT2D eigenvalue weighted by Gasteiger charge is -2.31. The molecule has 2 aliphatic heterocycles. The minimum Gasteiger partial charge on any atom is -0.340 e. The molecular formula is C41H41N4O3S2+. The second-order valence-corrected chi connectivity index (χ2v) is 15.7. The molecule has 9 heteroatoms. The number of anilines is 1. The highest BCUT2D eigenvalue weighted by molar-refractivity contribution is 7.94. The van der Waals surface area contributed by atoms with Gasteiger partial charge in [0.15, 0.2) is 6.54 Å². The lowest BCUT2D eigenvalue weighted by molar-refractivity contribution is -0.665. The summed E-state index contributed by atoms with van der Waals surface area (Å²) < 4.78 is 38.0. The molecule has 2 aromatic heterocycles. The van der Waals surface area contributed by atoms with Crippen molar-refractivity contribution in [2.75, 3.05) is 30.9 Å². The van der Waals surface area contributed by atoms with Crippen molar-refractivity contribution in [1.82, 2.24) is 9.29 Å². The first-order valence-electron chi connectivity index (χ1n) is 17.0. The van der Waals surface area contributed by atoms with Gasteiger partial charge in [-0.1, -0.05) is 24.1 Å². The first-order chi connectivity index (χ1) is 24.3. The van der Waals surface area contributed by atoms with E-state index in [2.05, 4.69) is 123 Å². The normalized spacial score (nSPS) is 17.4. The summed E-state index contributed by atoms with van der Waals surface area (Å²) in [5.74, 6) is 2.26. The predicted octanol–water partition coefficient (Wildman–Crippen LogP) is 7.45. The van der Waals surface area contributed by atoms with Gasteiger partial charge in [-0.05, 0) is 109 Å². The predicted molar refractivity (Wildman–Crippen MR) is 206 cm³/mol. The van der Waals surface area contributed by atoms with Gasteiger partial charge in [0.25, 0.3) is 0 Å².